The Balaban J connectivity index is 1.35. The first-order chi connectivity index (χ1) is 14.5. The van der Waals surface area contributed by atoms with E-state index in [0.717, 1.165) is 0 Å². The maximum Gasteiger partial charge on any atom is 0.439 e. The van der Waals surface area contributed by atoms with Crippen LogP contribution in [0.3, 0.4) is 0 Å². The second-order valence-electron chi connectivity index (χ2n) is 7.09. The SMILES string of the molecule is O=C(Nc1cccc(-c2noc(=O)[nH]2)c1)C1CCN(C(=O)c2ccc(F)cc2)CC1. The molecule has 0 radical (unpaired) electrons. The largest absolute Gasteiger partial charge is 0.439 e. The lowest BCUT2D eigenvalue weighted by molar-refractivity contribution is -0.121. The van der Waals surface area contributed by atoms with Gasteiger partial charge in [0.15, 0.2) is 5.82 Å². The summed E-state index contributed by atoms with van der Waals surface area (Å²) >= 11 is 0. The van der Waals surface area contributed by atoms with Gasteiger partial charge in [-0.25, -0.2) is 9.18 Å². The molecule has 0 bridgehead atoms. The third-order valence-corrected chi connectivity index (χ3v) is 5.09. The van der Waals surface area contributed by atoms with Crippen molar-refractivity contribution in [1.82, 2.24) is 15.0 Å². The molecular weight excluding hydrogens is 391 g/mol. The molecule has 8 nitrogen and oxygen atoms in total. The molecule has 1 saturated heterocycles. The van der Waals surface area contributed by atoms with Crippen molar-refractivity contribution in [1.29, 1.82) is 0 Å². The fourth-order valence-electron chi connectivity index (χ4n) is 3.46. The molecule has 0 spiro atoms. The van der Waals surface area contributed by atoms with Gasteiger partial charge in [-0.15, -0.1) is 0 Å². The zero-order valence-corrected chi connectivity index (χ0v) is 15.9. The predicted molar refractivity (Wildman–Crippen MR) is 106 cm³/mol. The summed E-state index contributed by atoms with van der Waals surface area (Å²) in [6.07, 6.45) is 1.07. The molecule has 4 rings (SSSR count). The van der Waals surface area contributed by atoms with Gasteiger partial charge in [-0.05, 0) is 49.2 Å². The number of anilines is 1. The van der Waals surface area contributed by atoms with Crippen LogP contribution in [0.15, 0.2) is 57.8 Å². The highest BCUT2D eigenvalue weighted by molar-refractivity contribution is 5.95. The summed E-state index contributed by atoms with van der Waals surface area (Å²) in [7, 11) is 0. The van der Waals surface area contributed by atoms with Gasteiger partial charge in [0, 0.05) is 35.8 Å². The number of likely N-dealkylation sites (tertiary alicyclic amines) is 1. The number of carbonyl (C=O) groups excluding carboxylic acids is 2. The zero-order valence-electron chi connectivity index (χ0n) is 15.9. The van der Waals surface area contributed by atoms with Crippen LogP contribution in [-0.4, -0.2) is 39.9 Å². The number of hydrogen-bond acceptors (Lipinski definition) is 5. The van der Waals surface area contributed by atoms with E-state index in [1.807, 2.05) is 0 Å². The Bertz CT molecular complexity index is 1110. The van der Waals surface area contributed by atoms with E-state index in [4.69, 9.17) is 0 Å². The van der Waals surface area contributed by atoms with Crippen LogP contribution in [0.1, 0.15) is 23.2 Å². The molecule has 0 saturated carbocycles. The maximum atomic E-state index is 13.0. The number of aromatic nitrogens is 2. The number of piperidine rings is 1. The van der Waals surface area contributed by atoms with Crippen LogP contribution in [0.2, 0.25) is 0 Å². The first-order valence-electron chi connectivity index (χ1n) is 9.52. The summed E-state index contributed by atoms with van der Waals surface area (Å²) in [6, 6.07) is 12.4. The van der Waals surface area contributed by atoms with Crippen LogP contribution < -0.4 is 11.1 Å². The van der Waals surface area contributed by atoms with E-state index >= 15 is 0 Å². The van der Waals surface area contributed by atoms with E-state index in [1.165, 1.54) is 24.3 Å². The number of halogens is 1. The Kier molecular flexibility index (Phi) is 5.42. The van der Waals surface area contributed by atoms with Crippen LogP contribution >= 0.6 is 0 Å². The van der Waals surface area contributed by atoms with Crippen molar-refractivity contribution in [3.63, 3.8) is 0 Å². The number of nitrogens with zero attached hydrogens (tertiary/aromatic N) is 2. The first kappa shape index (κ1) is 19.6. The number of amides is 2. The number of hydrogen-bond donors (Lipinski definition) is 2. The minimum absolute atomic E-state index is 0.130. The topological polar surface area (TPSA) is 108 Å². The molecular formula is C21H19FN4O4. The van der Waals surface area contributed by atoms with Crippen molar-refractivity contribution in [2.45, 2.75) is 12.8 Å². The lowest BCUT2D eigenvalue weighted by atomic mass is 9.95. The van der Waals surface area contributed by atoms with Gasteiger partial charge in [-0.3, -0.25) is 19.1 Å². The van der Waals surface area contributed by atoms with Gasteiger partial charge in [0.05, 0.1) is 0 Å². The Morgan fingerprint density at radius 3 is 2.53 bits per heavy atom. The van der Waals surface area contributed by atoms with Gasteiger partial charge in [-0.1, -0.05) is 17.3 Å². The summed E-state index contributed by atoms with van der Waals surface area (Å²) in [4.78, 5) is 40.4. The number of H-pyrrole nitrogens is 1. The molecule has 0 aliphatic carbocycles. The van der Waals surface area contributed by atoms with Gasteiger partial charge >= 0.3 is 5.76 Å². The summed E-state index contributed by atoms with van der Waals surface area (Å²) in [5.41, 5.74) is 1.62. The Morgan fingerprint density at radius 1 is 1.13 bits per heavy atom. The van der Waals surface area contributed by atoms with Crippen molar-refractivity contribution < 1.29 is 18.5 Å². The molecule has 2 amide bonds. The average Bonchev–Trinajstić information content (AvgIpc) is 3.20. The molecule has 1 fully saturated rings. The van der Waals surface area contributed by atoms with Gasteiger partial charge in [0.25, 0.3) is 5.91 Å². The maximum absolute atomic E-state index is 13.0. The molecule has 2 N–H and O–H groups in total. The van der Waals surface area contributed by atoms with Crippen molar-refractivity contribution in [2.75, 3.05) is 18.4 Å². The van der Waals surface area contributed by atoms with E-state index in [1.54, 1.807) is 29.2 Å². The molecule has 154 valence electrons. The Hall–Kier alpha value is -3.75. The number of carbonyl (C=O) groups is 2. The van der Waals surface area contributed by atoms with Crippen LogP contribution in [0.25, 0.3) is 11.4 Å². The van der Waals surface area contributed by atoms with E-state index in [2.05, 4.69) is 20.0 Å². The van der Waals surface area contributed by atoms with Crippen LogP contribution in [0.4, 0.5) is 10.1 Å². The van der Waals surface area contributed by atoms with E-state index in [0.29, 0.717) is 42.7 Å². The monoisotopic (exact) mass is 410 g/mol. The standard InChI is InChI=1S/C21H19FN4O4/c22-16-6-4-14(5-7-16)20(28)26-10-8-13(9-11-26)19(27)23-17-3-1-2-15(12-17)18-24-21(29)30-25-18/h1-7,12-13H,8-11H2,(H,23,27)(H,24,25,29). The average molecular weight is 410 g/mol. The number of aromatic amines is 1. The second-order valence-corrected chi connectivity index (χ2v) is 7.09. The van der Waals surface area contributed by atoms with E-state index in [9.17, 15) is 18.8 Å². The lowest BCUT2D eigenvalue weighted by Crippen LogP contribution is -2.41. The normalized spacial score (nSPS) is 14.5. The van der Waals surface area contributed by atoms with Crippen molar-refractivity contribution in [3.05, 3.63) is 70.5 Å². The highest BCUT2D eigenvalue weighted by Gasteiger charge is 2.28. The Morgan fingerprint density at radius 2 is 1.87 bits per heavy atom. The molecule has 2 heterocycles. The number of nitrogens with one attached hydrogen (secondary N) is 2. The molecule has 1 aliphatic rings. The minimum atomic E-state index is -0.651. The summed E-state index contributed by atoms with van der Waals surface area (Å²) in [5.74, 6) is -1.28. The molecule has 1 aromatic heterocycles. The molecule has 3 aromatic rings. The summed E-state index contributed by atoms with van der Waals surface area (Å²) < 4.78 is 17.5. The fraction of sp³-hybridized carbons (Fsp3) is 0.238. The second kappa shape index (κ2) is 8.32. The zero-order chi connectivity index (χ0) is 21.1. The van der Waals surface area contributed by atoms with Crippen LogP contribution in [0.5, 0.6) is 0 Å². The molecule has 2 aromatic carbocycles. The fourth-order valence-corrected chi connectivity index (χ4v) is 3.46. The molecule has 30 heavy (non-hydrogen) atoms. The minimum Gasteiger partial charge on any atom is -0.339 e. The Labute approximate surface area is 170 Å². The summed E-state index contributed by atoms with van der Waals surface area (Å²) in [5, 5.41) is 6.51. The first-order valence-corrected chi connectivity index (χ1v) is 9.52. The van der Waals surface area contributed by atoms with E-state index in [-0.39, 0.29) is 29.4 Å². The third-order valence-electron chi connectivity index (χ3n) is 5.09. The lowest BCUT2D eigenvalue weighted by Gasteiger charge is -2.31. The molecule has 0 unspecified atom stereocenters. The molecule has 9 heteroatoms. The van der Waals surface area contributed by atoms with Crippen LogP contribution in [0, 0.1) is 11.7 Å². The van der Waals surface area contributed by atoms with E-state index < -0.39 is 5.76 Å². The third kappa shape index (κ3) is 4.29. The number of rotatable bonds is 4. The highest BCUT2D eigenvalue weighted by atomic mass is 19.1. The summed E-state index contributed by atoms with van der Waals surface area (Å²) in [6.45, 7) is 0.906. The van der Waals surface area contributed by atoms with Gasteiger partial charge in [-0.2, -0.15) is 0 Å². The van der Waals surface area contributed by atoms with Crippen molar-refractivity contribution in [2.24, 2.45) is 5.92 Å². The van der Waals surface area contributed by atoms with Gasteiger partial charge in [0.1, 0.15) is 5.82 Å². The van der Waals surface area contributed by atoms with Crippen LogP contribution in [-0.2, 0) is 4.79 Å². The number of benzene rings is 2. The highest BCUT2D eigenvalue weighted by Crippen LogP contribution is 2.23. The van der Waals surface area contributed by atoms with Gasteiger partial charge < -0.3 is 10.2 Å². The predicted octanol–water partition coefficient (Wildman–Crippen LogP) is 2.66. The quantitative estimate of drug-likeness (QED) is 0.687. The smallest absolute Gasteiger partial charge is 0.339 e. The van der Waals surface area contributed by atoms with Crippen molar-refractivity contribution in [3.8, 4) is 11.4 Å². The van der Waals surface area contributed by atoms with Crippen molar-refractivity contribution >= 4 is 17.5 Å². The molecule has 1 aliphatic heterocycles. The van der Waals surface area contributed by atoms with Gasteiger partial charge in [0.2, 0.25) is 5.91 Å². The molecule has 0 atom stereocenters.